The number of carbonyl (C=O) groups is 2. The standard InChI is InChI=1S/C17H26N2O4/c1-17(2,3)23-19(13-20)15(16(21)18-10-11-22-4)12-14-8-6-5-7-9-14/h5-9,13,15H,10-12H2,1-4H3,(H,18,21). The van der Waals surface area contributed by atoms with Crippen molar-refractivity contribution in [3.63, 3.8) is 0 Å². The van der Waals surface area contributed by atoms with Crippen LogP contribution in [-0.2, 0) is 25.6 Å². The van der Waals surface area contributed by atoms with Crippen LogP contribution in [0.15, 0.2) is 30.3 Å². The van der Waals surface area contributed by atoms with Gasteiger partial charge in [-0.25, -0.2) is 5.06 Å². The fourth-order valence-corrected chi connectivity index (χ4v) is 2.00. The van der Waals surface area contributed by atoms with Crippen molar-refractivity contribution in [3.8, 4) is 0 Å². The fraction of sp³-hybridized carbons (Fsp3) is 0.529. The first-order valence-electron chi connectivity index (χ1n) is 7.60. The van der Waals surface area contributed by atoms with Gasteiger partial charge in [-0.2, -0.15) is 0 Å². The van der Waals surface area contributed by atoms with Crippen LogP contribution < -0.4 is 5.32 Å². The smallest absolute Gasteiger partial charge is 0.245 e. The maximum atomic E-state index is 12.5. The highest BCUT2D eigenvalue weighted by Gasteiger charge is 2.29. The Morgan fingerprint density at radius 2 is 1.96 bits per heavy atom. The van der Waals surface area contributed by atoms with Crippen LogP contribution in [0.3, 0.4) is 0 Å². The molecule has 2 amide bonds. The van der Waals surface area contributed by atoms with Gasteiger partial charge in [-0.3, -0.25) is 14.4 Å². The van der Waals surface area contributed by atoms with E-state index in [1.54, 1.807) is 7.11 Å². The van der Waals surface area contributed by atoms with Gasteiger partial charge in [0.1, 0.15) is 6.04 Å². The second-order valence-electron chi connectivity index (χ2n) is 6.16. The minimum Gasteiger partial charge on any atom is -0.383 e. The summed E-state index contributed by atoms with van der Waals surface area (Å²) < 4.78 is 4.93. The lowest BCUT2D eigenvalue weighted by Crippen LogP contribution is -2.50. The van der Waals surface area contributed by atoms with Crippen molar-refractivity contribution in [3.05, 3.63) is 35.9 Å². The number of ether oxygens (including phenoxy) is 1. The third kappa shape index (κ3) is 7.25. The van der Waals surface area contributed by atoms with E-state index in [2.05, 4.69) is 5.32 Å². The van der Waals surface area contributed by atoms with Gasteiger partial charge in [0.05, 0.1) is 12.2 Å². The summed E-state index contributed by atoms with van der Waals surface area (Å²) in [6.07, 6.45) is 0.920. The minimum absolute atomic E-state index is 0.276. The first-order chi connectivity index (χ1) is 10.9. The van der Waals surface area contributed by atoms with E-state index in [9.17, 15) is 9.59 Å². The van der Waals surface area contributed by atoms with Gasteiger partial charge in [0.15, 0.2) is 0 Å². The number of amides is 2. The van der Waals surface area contributed by atoms with Crippen LogP contribution in [0.5, 0.6) is 0 Å². The fourth-order valence-electron chi connectivity index (χ4n) is 2.00. The van der Waals surface area contributed by atoms with Crippen molar-refractivity contribution < 1.29 is 19.2 Å². The normalized spacial score (nSPS) is 12.5. The average molecular weight is 322 g/mol. The van der Waals surface area contributed by atoms with Crippen LogP contribution in [0.2, 0.25) is 0 Å². The zero-order valence-corrected chi connectivity index (χ0v) is 14.2. The molecule has 0 heterocycles. The van der Waals surface area contributed by atoms with Crippen molar-refractivity contribution in [1.82, 2.24) is 10.4 Å². The lowest BCUT2D eigenvalue weighted by atomic mass is 10.1. The van der Waals surface area contributed by atoms with E-state index in [4.69, 9.17) is 9.57 Å². The number of hydrogen-bond acceptors (Lipinski definition) is 4. The van der Waals surface area contributed by atoms with Crippen LogP contribution in [0.1, 0.15) is 26.3 Å². The summed E-state index contributed by atoms with van der Waals surface area (Å²) in [5, 5.41) is 3.85. The number of nitrogens with zero attached hydrogens (tertiary/aromatic N) is 1. The summed E-state index contributed by atoms with van der Waals surface area (Å²) in [5.74, 6) is -0.276. The Morgan fingerprint density at radius 3 is 2.48 bits per heavy atom. The molecule has 1 aromatic rings. The van der Waals surface area contributed by atoms with Gasteiger partial charge >= 0.3 is 0 Å². The minimum atomic E-state index is -0.744. The molecule has 0 aliphatic rings. The van der Waals surface area contributed by atoms with Crippen LogP contribution in [-0.4, -0.2) is 49.3 Å². The van der Waals surface area contributed by atoms with Crippen molar-refractivity contribution in [2.24, 2.45) is 0 Å². The molecule has 0 bridgehead atoms. The van der Waals surface area contributed by atoms with Gasteiger partial charge < -0.3 is 10.1 Å². The van der Waals surface area contributed by atoms with Crippen LogP contribution in [0.25, 0.3) is 0 Å². The predicted molar refractivity (Wildman–Crippen MR) is 87.6 cm³/mol. The topological polar surface area (TPSA) is 67.9 Å². The Morgan fingerprint density at radius 1 is 1.30 bits per heavy atom. The number of methoxy groups -OCH3 is 1. The molecule has 0 fully saturated rings. The lowest BCUT2D eigenvalue weighted by molar-refractivity contribution is -0.230. The number of hydroxylamine groups is 2. The van der Waals surface area contributed by atoms with E-state index in [1.807, 2.05) is 51.1 Å². The van der Waals surface area contributed by atoms with Crippen molar-refractivity contribution in [2.75, 3.05) is 20.3 Å². The Hall–Kier alpha value is -1.92. The summed E-state index contributed by atoms with van der Waals surface area (Å²) >= 11 is 0. The van der Waals surface area contributed by atoms with E-state index in [1.165, 1.54) is 0 Å². The molecule has 0 saturated carbocycles. The molecule has 0 aliphatic carbocycles. The Bertz CT molecular complexity index is 485. The third-order valence-electron chi connectivity index (χ3n) is 2.97. The molecule has 1 unspecified atom stereocenters. The second-order valence-corrected chi connectivity index (χ2v) is 6.16. The van der Waals surface area contributed by atoms with E-state index in [0.717, 1.165) is 10.6 Å². The van der Waals surface area contributed by atoms with E-state index in [-0.39, 0.29) is 5.91 Å². The number of nitrogens with one attached hydrogen (secondary N) is 1. The summed E-state index contributed by atoms with van der Waals surface area (Å²) in [6, 6.07) is 8.77. The van der Waals surface area contributed by atoms with E-state index in [0.29, 0.717) is 26.0 Å². The lowest BCUT2D eigenvalue weighted by Gasteiger charge is -2.32. The molecule has 0 spiro atoms. The van der Waals surface area contributed by atoms with Crippen molar-refractivity contribution in [1.29, 1.82) is 0 Å². The molecule has 1 atom stereocenters. The van der Waals surface area contributed by atoms with Gasteiger partial charge in [-0.05, 0) is 26.3 Å². The Kier molecular flexibility index (Phi) is 7.71. The predicted octanol–water partition coefficient (Wildman–Crippen LogP) is 1.55. The molecule has 1 aromatic carbocycles. The Balaban J connectivity index is 2.89. The molecule has 0 aliphatic heterocycles. The number of rotatable bonds is 9. The van der Waals surface area contributed by atoms with E-state index < -0.39 is 11.6 Å². The molecule has 0 aromatic heterocycles. The van der Waals surface area contributed by atoms with Crippen molar-refractivity contribution >= 4 is 12.3 Å². The molecule has 1 N–H and O–H groups in total. The quantitative estimate of drug-likeness (QED) is 0.425. The summed E-state index contributed by atoms with van der Waals surface area (Å²) in [6.45, 7) is 6.26. The van der Waals surface area contributed by atoms with Gasteiger partial charge in [0.2, 0.25) is 12.3 Å². The largest absolute Gasteiger partial charge is 0.383 e. The van der Waals surface area contributed by atoms with E-state index >= 15 is 0 Å². The summed E-state index contributed by atoms with van der Waals surface area (Å²) in [4.78, 5) is 29.5. The second kappa shape index (κ2) is 9.27. The van der Waals surface area contributed by atoms with Gasteiger partial charge in [-0.1, -0.05) is 30.3 Å². The zero-order chi connectivity index (χ0) is 17.3. The molecular weight excluding hydrogens is 296 g/mol. The Labute approximate surface area is 137 Å². The third-order valence-corrected chi connectivity index (χ3v) is 2.97. The average Bonchev–Trinajstić information content (AvgIpc) is 2.51. The first-order valence-corrected chi connectivity index (χ1v) is 7.60. The molecule has 1 rings (SSSR count). The van der Waals surface area contributed by atoms with Gasteiger partial charge in [0.25, 0.3) is 0 Å². The number of carbonyl (C=O) groups excluding carboxylic acids is 2. The van der Waals surface area contributed by atoms with Crippen molar-refractivity contribution in [2.45, 2.75) is 38.8 Å². The monoisotopic (exact) mass is 322 g/mol. The summed E-state index contributed by atoms with van der Waals surface area (Å²) in [7, 11) is 1.56. The highest BCUT2D eigenvalue weighted by Crippen LogP contribution is 2.15. The molecule has 6 heteroatoms. The van der Waals surface area contributed by atoms with Crippen LogP contribution >= 0.6 is 0 Å². The van der Waals surface area contributed by atoms with Crippen LogP contribution in [0, 0.1) is 0 Å². The molecule has 6 nitrogen and oxygen atoms in total. The molecule has 0 saturated heterocycles. The SMILES string of the molecule is COCCNC(=O)C(Cc1ccccc1)N(C=O)OC(C)(C)C. The maximum absolute atomic E-state index is 12.5. The van der Waals surface area contributed by atoms with Gasteiger partial charge in [-0.15, -0.1) is 0 Å². The zero-order valence-electron chi connectivity index (χ0n) is 14.2. The van der Waals surface area contributed by atoms with Gasteiger partial charge in [0, 0.05) is 20.1 Å². The summed E-state index contributed by atoms with van der Waals surface area (Å²) in [5.41, 5.74) is 0.367. The molecule has 128 valence electrons. The maximum Gasteiger partial charge on any atom is 0.245 e. The molecular formula is C17H26N2O4. The highest BCUT2D eigenvalue weighted by atomic mass is 16.7. The molecule has 23 heavy (non-hydrogen) atoms. The first kappa shape index (κ1) is 19.1. The highest BCUT2D eigenvalue weighted by molar-refractivity contribution is 5.83. The number of benzene rings is 1. The molecule has 0 radical (unpaired) electrons. The number of hydrogen-bond donors (Lipinski definition) is 1. The van der Waals surface area contributed by atoms with Crippen LogP contribution in [0.4, 0.5) is 0 Å².